The van der Waals surface area contributed by atoms with Crippen molar-refractivity contribution in [3.63, 3.8) is 0 Å². The lowest BCUT2D eigenvalue weighted by Gasteiger charge is -2.08. The summed E-state index contributed by atoms with van der Waals surface area (Å²) in [5, 5.41) is 13.0. The third-order valence-corrected chi connectivity index (χ3v) is 3.21. The number of carboxylic acid groups (broad SMARTS) is 1. The van der Waals surface area contributed by atoms with Crippen LogP contribution in [0.4, 0.5) is 0 Å². The number of rotatable bonds is 8. The first-order chi connectivity index (χ1) is 12.0. The van der Waals surface area contributed by atoms with Crippen LogP contribution in [0.15, 0.2) is 54.6 Å². The van der Waals surface area contributed by atoms with Crippen LogP contribution in [0.2, 0.25) is 0 Å². The van der Waals surface area contributed by atoms with Crippen LogP contribution in [-0.2, 0) is 16.2 Å². The smallest absolute Gasteiger partial charge is 0.322 e. The minimum absolute atomic E-state index is 0.293. The molecule has 0 spiro atoms. The summed E-state index contributed by atoms with van der Waals surface area (Å²) in [4.78, 5) is 33.6. The zero-order valence-corrected chi connectivity index (χ0v) is 13.4. The molecule has 0 aliphatic carbocycles. The minimum atomic E-state index is -1.15. The summed E-state index contributed by atoms with van der Waals surface area (Å²) in [5.41, 5.74) is 1.41. The fourth-order valence-corrected chi connectivity index (χ4v) is 1.94. The lowest BCUT2D eigenvalue weighted by Crippen LogP contribution is -2.38. The Morgan fingerprint density at radius 3 is 2.20 bits per heavy atom. The number of carbonyl (C=O) groups excluding carboxylic acids is 2. The average Bonchev–Trinajstić information content (AvgIpc) is 2.64. The van der Waals surface area contributed by atoms with E-state index >= 15 is 0 Å². The van der Waals surface area contributed by atoms with E-state index in [1.807, 2.05) is 30.3 Å². The lowest BCUT2D eigenvalue weighted by atomic mass is 10.2. The standard InChI is InChI=1S/C18H18N2O5/c21-16(19-11-17(22)23)10-20-18(24)14-6-8-15(9-7-14)25-12-13-4-2-1-3-5-13/h1-9H,10-12H2,(H,19,21)(H,20,24)(H,22,23). The van der Waals surface area contributed by atoms with Gasteiger partial charge >= 0.3 is 5.97 Å². The zero-order chi connectivity index (χ0) is 18.1. The highest BCUT2D eigenvalue weighted by Crippen LogP contribution is 2.14. The number of hydrogen-bond acceptors (Lipinski definition) is 4. The normalized spacial score (nSPS) is 9.92. The van der Waals surface area contributed by atoms with E-state index in [1.165, 1.54) is 0 Å². The zero-order valence-electron chi connectivity index (χ0n) is 13.4. The molecule has 0 saturated carbocycles. The molecule has 0 fully saturated rings. The van der Waals surface area contributed by atoms with E-state index in [9.17, 15) is 14.4 Å². The van der Waals surface area contributed by atoms with Gasteiger partial charge in [0.05, 0.1) is 6.54 Å². The molecule has 2 aromatic carbocycles. The maximum Gasteiger partial charge on any atom is 0.322 e. The van der Waals surface area contributed by atoms with Gasteiger partial charge in [-0.15, -0.1) is 0 Å². The monoisotopic (exact) mass is 342 g/mol. The molecule has 0 heterocycles. The molecular weight excluding hydrogens is 324 g/mol. The summed E-state index contributed by atoms with van der Waals surface area (Å²) in [6, 6.07) is 16.2. The van der Waals surface area contributed by atoms with Crippen molar-refractivity contribution in [2.24, 2.45) is 0 Å². The Kier molecular flexibility index (Phi) is 6.53. The van der Waals surface area contributed by atoms with Crippen molar-refractivity contribution in [1.29, 1.82) is 0 Å². The Bertz CT molecular complexity index is 729. The maximum absolute atomic E-state index is 11.9. The van der Waals surface area contributed by atoms with Gasteiger partial charge in [-0.25, -0.2) is 0 Å². The van der Waals surface area contributed by atoms with E-state index in [1.54, 1.807) is 24.3 Å². The molecule has 0 radical (unpaired) electrons. The number of hydrogen-bond donors (Lipinski definition) is 3. The number of carbonyl (C=O) groups is 3. The Morgan fingerprint density at radius 2 is 1.56 bits per heavy atom. The molecule has 0 aliphatic rings. The molecule has 130 valence electrons. The minimum Gasteiger partial charge on any atom is -0.489 e. The van der Waals surface area contributed by atoms with Crippen molar-refractivity contribution >= 4 is 17.8 Å². The fraction of sp³-hybridized carbons (Fsp3) is 0.167. The SMILES string of the molecule is O=C(O)CNC(=O)CNC(=O)c1ccc(OCc2ccccc2)cc1. The van der Waals surface area contributed by atoms with Crippen LogP contribution in [-0.4, -0.2) is 36.0 Å². The average molecular weight is 342 g/mol. The maximum atomic E-state index is 11.9. The van der Waals surface area contributed by atoms with Crippen molar-refractivity contribution in [2.75, 3.05) is 13.1 Å². The summed E-state index contributed by atoms with van der Waals surface area (Å²) in [6.45, 7) is -0.351. The first kappa shape index (κ1) is 18.0. The molecule has 0 aromatic heterocycles. The Morgan fingerprint density at radius 1 is 0.880 bits per heavy atom. The van der Waals surface area contributed by atoms with Gasteiger partial charge in [-0.1, -0.05) is 30.3 Å². The van der Waals surface area contributed by atoms with Crippen LogP contribution in [0.1, 0.15) is 15.9 Å². The third-order valence-electron chi connectivity index (χ3n) is 3.21. The van der Waals surface area contributed by atoms with Crippen molar-refractivity contribution in [3.05, 3.63) is 65.7 Å². The predicted molar refractivity (Wildman–Crippen MR) is 90.2 cm³/mol. The molecule has 2 rings (SSSR count). The Hall–Kier alpha value is -3.35. The topological polar surface area (TPSA) is 105 Å². The molecular formula is C18H18N2O5. The van der Waals surface area contributed by atoms with Crippen LogP contribution in [0, 0.1) is 0 Å². The lowest BCUT2D eigenvalue weighted by molar-refractivity contribution is -0.137. The highest BCUT2D eigenvalue weighted by molar-refractivity contribution is 5.96. The Labute approximate surface area is 144 Å². The van der Waals surface area contributed by atoms with Gasteiger partial charge < -0.3 is 20.5 Å². The van der Waals surface area contributed by atoms with Gasteiger partial charge in [0.25, 0.3) is 5.91 Å². The van der Waals surface area contributed by atoms with Gasteiger partial charge in [0.2, 0.25) is 5.91 Å². The van der Waals surface area contributed by atoms with Gasteiger partial charge in [-0.2, -0.15) is 0 Å². The molecule has 25 heavy (non-hydrogen) atoms. The van der Waals surface area contributed by atoms with Crippen LogP contribution in [0.5, 0.6) is 5.75 Å². The summed E-state index contributed by atoms with van der Waals surface area (Å²) < 4.78 is 5.63. The number of amides is 2. The largest absolute Gasteiger partial charge is 0.489 e. The molecule has 2 aromatic rings. The molecule has 0 saturated heterocycles. The molecule has 7 heteroatoms. The number of aliphatic carboxylic acids is 1. The van der Waals surface area contributed by atoms with Crippen molar-refractivity contribution in [1.82, 2.24) is 10.6 Å². The molecule has 0 unspecified atom stereocenters. The summed E-state index contributed by atoms with van der Waals surface area (Å²) in [7, 11) is 0. The van der Waals surface area contributed by atoms with E-state index in [0.29, 0.717) is 17.9 Å². The number of carboxylic acids is 1. The van der Waals surface area contributed by atoms with Gasteiger partial charge in [0.1, 0.15) is 18.9 Å². The van der Waals surface area contributed by atoms with Gasteiger partial charge in [-0.3, -0.25) is 14.4 Å². The number of nitrogens with one attached hydrogen (secondary N) is 2. The van der Waals surface area contributed by atoms with E-state index in [4.69, 9.17) is 9.84 Å². The van der Waals surface area contributed by atoms with Crippen molar-refractivity contribution in [2.45, 2.75) is 6.61 Å². The Balaban J connectivity index is 1.79. The molecule has 0 aliphatic heterocycles. The highest BCUT2D eigenvalue weighted by Gasteiger charge is 2.09. The second-order valence-electron chi connectivity index (χ2n) is 5.15. The van der Waals surface area contributed by atoms with Crippen LogP contribution >= 0.6 is 0 Å². The first-order valence-corrected chi connectivity index (χ1v) is 7.58. The van der Waals surface area contributed by atoms with Crippen molar-refractivity contribution in [3.8, 4) is 5.75 Å². The number of ether oxygens (including phenoxy) is 1. The van der Waals surface area contributed by atoms with Gasteiger partial charge in [-0.05, 0) is 29.8 Å². The van der Waals surface area contributed by atoms with E-state index < -0.39 is 24.3 Å². The van der Waals surface area contributed by atoms with E-state index in [-0.39, 0.29) is 6.54 Å². The summed E-state index contributed by atoms with van der Waals surface area (Å²) in [5.74, 6) is -1.52. The van der Waals surface area contributed by atoms with E-state index in [2.05, 4.69) is 10.6 Å². The van der Waals surface area contributed by atoms with Gasteiger partial charge in [0, 0.05) is 5.56 Å². The predicted octanol–water partition coefficient (Wildman–Crippen LogP) is 1.20. The molecule has 7 nitrogen and oxygen atoms in total. The molecule has 0 bridgehead atoms. The summed E-state index contributed by atoms with van der Waals surface area (Å²) >= 11 is 0. The fourth-order valence-electron chi connectivity index (χ4n) is 1.94. The van der Waals surface area contributed by atoms with Crippen LogP contribution in [0.3, 0.4) is 0 Å². The van der Waals surface area contributed by atoms with Crippen LogP contribution < -0.4 is 15.4 Å². The summed E-state index contributed by atoms with van der Waals surface area (Å²) in [6.07, 6.45) is 0. The molecule has 2 amide bonds. The molecule has 3 N–H and O–H groups in total. The first-order valence-electron chi connectivity index (χ1n) is 7.58. The van der Waals surface area contributed by atoms with Crippen molar-refractivity contribution < 1.29 is 24.2 Å². The highest BCUT2D eigenvalue weighted by atomic mass is 16.5. The van der Waals surface area contributed by atoms with E-state index in [0.717, 1.165) is 5.56 Å². The quantitative estimate of drug-likeness (QED) is 0.668. The third kappa shape index (κ3) is 6.34. The van der Waals surface area contributed by atoms with Gasteiger partial charge in [0.15, 0.2) is 0 Å². The molecule has 0 atom stereocenters. The second kappa shape index (κ2) is 9.07. The van der Waals surface area contributed by atoms with Crippen LogP contribution in [0.25, 0.3) is 0 Å². The second-order valence-corrected chi connectivity index (χ2v) is 5.15. The number of benzene rings is 2.